The smallest absolute Gasteiger partial charge is 0.315 e. The minimum absolute atomic E-state index is 0.168. The number of amides is 2. The Bertz CT molecular complexity index is 748. The second kappa shape index (κ2) is 7.92. The molecule has 2 amide bonds. The lowest BCUT2D eigenvalue weighted by atomic mass is 10.2. The highest BCUT2D eigenvalue weighted by Gasteiger charge is 2.23. The molecule has 1 heterocycles. The van der Waals surface area contributed by atoms with Gasteiger partial charge in [-0.15, -0.1) is 0 Å². The Morgan fingerprint density at radius 2 is 2.04 bits per heavy atom. The van der Waals surface area contributed by atoms with Crippen molar-refractivity contribution in [3.8, 4) is 6.07 Å². The van der Waals surface area contributed by atoms with Crippen LogP contribution in [0.25, 0.3) is 0 Å². The van der Waals surface area contributed by atoms with Crippen molar-refractivity contribution >= 4 is 17.6 Å². The fraction of sp³-hybridized carbons (Fsp3) is 0.294. The van der Waals surface area contributed by atoms with E-state index in [1.54, 1.807) is 23.9 Å². The molecule has 0 radical (unpaired) electrons. The number of nitrogens with one attached hydrogen (secondary N) is 1. The number of carbonyl (C=O) groups is 2. The van der Waals surface area contributed by atoms with Crippen LogP contribution in [0.3, 0.4) is 0 Å². The molecule has 1 atom stereocenters. The summed E-state index contributed by atoms with van der Waals surface area (Å²) in [7, 11) is 1.50. The molecule has 1 aromatic heterocycles. The first-order chi connectivity index (χ1) is 11.5. The van der Waals surface area contributed by atoms with Gasteiger partial charge in [-0.05, 0) is 12.5 Å². The number of nitriles is 1. The summed E-state index contributed by atoms with van der Waals surface area (Å²) in [5.74, 6) is -1.16. The Kier molecular flexibility index (Phi) is 5.68. The van der Waals surface area contributed by atoms with Gasteiger partial charge >= 0.3 is 11.8 Å². The Hall–Kier alpha value is -3.14. The number of anilines is 1. The van der Waals surface area contributed by atoms with Crippen molar-refractivity contribution in [3.05, 3.63) is 48.2 Å². The highest BCUT2D eigenvalue weighted by Crippen LogP contribution is 2.07. The third-order valence-corrected chi connectivity index (χ3v) is 3.63. The van der Waals surface area contributed by atoms with Crippen LogP contribution in [0.1, 0.15) is 18.9 Å². The van der Waals surface area contributed by atoms with Crippen molar-refractivity contribution in [2.75, 3.05) is 12.4 Å². The molecule has 124 valence electrons. The minimum atomic E-state index is -0.771. The molecule has 24 heavy (non-hydrogen) atoms. The number of rotatable bonds is 5. The molecular formula is C17H19N5O2. The number of likely N-dealkylation sites (N-methyl/N-ethyl adjacent to an activating group) is 1. The monoisotopic (exact) mass is 325 g/mol. The van der Waals surface area contributed by atoms with E-state index in [9.17, 15) is 9.59 Å². The van der Waals surface area contributed by atoms with E-state index in [0.717, 1.165) is 5.56 Å². The van der Waals surface area contributed by atoms with Crippen molar-refractivity contribution in [3.63, 3.8) is 0 Å². The van der Waals surface area contributed by atoms with Gasteiger partial charge < -0.3 is 10.2 Å². The largest absolute Gasteiger partial charge is 0.334 e. The lowest BCUT2D eigenvalue weighted by Gasteiger charge is -2.21. The summed E-state index contributed by atoms with van der Waals surface area (Å²) in [6.07, 6.45) is 1.90. The molecule has 0 aliphatic rings. The molecule has 1 N–H and O–H groups in total. The van der Waals surface area contributed by atoms with Gasteiger partial charge in [-0.2, -0.15) is 10.4 Å². The average molecular weight is 325 g/mol. The summed E-state index contributed by atoms with van der Waals surface area (Å²) < 4.78 is 1.68. The summed E-state index contributed by atoms with van der Waals surface area (Å²) in [5.41, 5.74) is 1.08. The topological polar surface area (TPSA) is 91.0 Å². The standard InChI is InChI=1S/C17H19N5O2/c1-13(8-10-18)21(2)17(24)16(23)19-15-9-11-22(20-15)12-14-6-4-3-5-7-14/h3-7,9,11,13H,8,12H2,1-2H3,(H,19,20,23)/t13-/m1/s1. The first-order valence-electron chi connectivity index (χ1n) is 7.53. The number of hydrogen-bond acceptors (Lipinski definition) is 4. The molecule has 0 fully saturated rings. The van der Waals surface area contributed by atoms with Crippen molar-refractivity contribution in [2.24, 2.45) is 0 Å². The number of benzene rings is 1. The Balaban J connectivity index is 1.95. The van der Waals surface area contributed by atoms with Gasteiger partial charge in [0.25, 0.3) is 0 Å². The molecule has 2 aromatic rings. The predicted octanol–water partition coefficient (Wildman–Crippen LogP) is 1.63. The summed E-state index contributed by atoms with van der Waals surface area (Å²) >= 11 is 0. The lowest BCUT2D eigenvalue weighted by Crippen LogP contribution is -2.42. The van der Waals surface area contributed by atoms with Crippen LogP contribution in [0.5, 0.6) is 0 Å². The third-order valence-electron chi connectivity index (χ3n) is 3.63. The molecule has 0 saturated carbocycles. The molecule has 7 nitrogen and oxygen atoms in total. The maximum Gasteiger partial charge on any atom is 0.315 e. The SMILES string of the molecule is C[C@H](CC#N)N(C)C(=O)C(=O)Nc1ccn(Cc2ccccc2)n1. The van der Waals surface area contributed by atoms with E-state index in [1.807, 2.05) is 36.4 Å². The fourth-order valence-corrected chi connectivity index (χ4v) is 2.09. The second-order valence-electron chi connectivity index (χ2n) is 5.47. The van der Waals surface area contributed by atoms with Crippen LogP contribution in [0.2, 0.25) is 0 Å². The number of aromatic nitrogens is 2. The number of nitrogens with zero attached hydrogens (tertiary/aromatic N) is 4. The van der Waals surface area contributed by atoms with Crippen LogP contribution in [0, 0.1) is 11.3 Å². The van der Waals surface area contributed by atoms with Crippen molar-refractivity contribution in [1.29, 1.82) is 5.26 Å². The van der Waals surface area contributed by atoms with Gasteiger partial charge in [-0.1, -0.05) is 30.3 Å². The van der Waals surface area contributed by atoms with E-state index in [0.29, 0.717) is 12.4 Å². The molecule has 1 aromatic carbocycles. The zero-order chi connectivity index (χ0) is 17.5. The van der Waals surface area contributed by atoms with Crippen LogP contribution in [-0.2, 0) is 16.1 Å². The van der Waals surface area contributed by atoms with E-state index in [1.165, 1.54) is 11.9 Å². The zero-order valence-electron chi connectivity index (χ0n) is 13.6. The Labute approximate surface area is 140 Å². The van der Waals surface area contributed by atoms with Crippen LogP contribution < -0.4 is 5.32 Å². The number of hydrogen-bond donors (Lipinski definition) is 1. The molecule has 0 unspecified atom stereocenters. The summed E-state index contributed by atoms with van der Waals surface area (Å²) in [6.45, 7) is 2.28. The average Bonchev–Trinajstić information content (AvgIpc) is 3.01. The van der Waals surface area contributed by atoms with E-state index >= 15 is 0 Å². The molecule has 0 spiro atoms. The molecule has 0 saturated heterocycles. The first kappa shape index (κ1) is 17.2. The Morgan fingerprint density at radius 3 is 2.71 bits per heavy atom. The molecule has 2 rings (SSSR count). The second-order valence-corrected chi connectivity index (χ2v) is 5.47. The van der Waals surface area contributed by atoms with Gasteiger partial charge in [0.15, 0.2) is 5.82 Å². The molecule has 0 bridgehead atoms. The van der Waals surface area contributed by atoms with Crippen LogP contribution in [-0.4, -0.2) is 39.6 Å². The maximum atomic E-state index is 12.0. The fourth-order valence-electron chi connectivity index (χ4n) is 2.09. The van der Waals surface area contributed by atoms with Crippen molar-refractivity contribution < 1.29 is 9.59 Å². The van der Waals surface area contributed by atoms with Gasteiger partial charge in [0.05, 0.1) is 19.0 Å². The minimum Gasteiger partial charge on any atom is -0.334 e. The third kappa shape index (κ3) is 4.43. The van der Waals surface area contributed by atoms with Gasteiger partial charge in [0, 0.05) is 25.4 Å². The molecular weight excluding hydrogens is 306 g/mol. The quantitative estimate of drug-likeness (QED) is 0.846. The normalized spacial score (nSPS) is 11.4. The zero-order valence-corrected chi connectivity index (χ0v) is 13.6. The first-order valence-corrected chi connectivity index (χ1v) is 7.53. The van der Waals surface area contributed by atoms with Crippen molar-refractivity contribution in [1.82, 2.24) is 14.7 Å². The number of carbonyl (C=O) groups excluding carboxylic acids is 2. The van der Waals surface area contributed by atoms with Crippen molar-refractivity contribution in [2.45, 2.75) is 25.9 Å². The van der Waals surface area contributed by atoms with Gasteiger partial charge in [0.1, 0.15) is 0 Å². The molecule has 0 aliphatic heterocycles. The van der Waals surface area contributed by atoms with E-state index in [2.05, 4.69) is 10.4 Å². The lowest BCUT2D eigenvalue weighted by molar-refractivity contribution is -0.143. The van der Waals surface area contributed by atoms with Gasteiger partial charge in [0.2, 0.25) is 0 Å². The van der Waals surface area contributed by atoms with E-state index in [4.69, 9.17) is 5.26 Å². The van der Waals surface area contributed by atoms with E-state index < -0.39 is 11.8 Å². The maximum absolute atomic E-state index is 12.0. The molecule has 0 aliphatic carbocycles. The highest BCUT2D eigenvalue weighted by atomic mass is 16.2. The highest BCUT2D eigenvalue weighted by molar-refractivity contribution is 6.39. The Morgan fingerprint density at radius 1 is 1.33 bits per heavy atom. The summed E-state index contributed by atoms with van der Waals surface area (Å²) in [4.78, 5) is 25.3. The molecule has 7 heteroatoms. The summed E-state index contributed by atoms with van der Waals surface area (Å²) in [5, 5.41) is 15.4. The van der Waals surface area contributed by atoms with Gasteiger partial charge in [-0.3, -0.25) is 14.3 Å². The van der Waals surface area contributed by atoms with Crippen LogP contribution in [0.4, 0.5) is 5.82 Å². The summed E-state index contributed by atoms with van der Waals surface area (Å²) in [6, 6.07) is 13.1. The van der Waals surface area contributed by atoms with Gasteiger partial charge in [-0.25, -0.2) is 0 Å². The van der Waals surface area contributed by atoms with Crippen LogP contribution >= 0.6 is 0 Å². The van der Waals surface area contributed by atoms with Crippen LogP contribution in [0.15, 0.2) is 42.6 Å². The predicted molar refractivity (Wildman–Crippen MR) is 88.9 cm³/mol. The van der Waals surface area contributed by atoms with E-state index in [-0.39, 0.29) is 12.5 Å².